The fourth-order valence-corrected chi connectivity index (χ4v) is 2.02. The third-order valence-corrected chi connectivity index (χ3v) is 3.35. The standard InChI is InChI=1S/C13H14Cl2N4/c1-2-3-9-7-12(19-16)18-13(17-9)8-4-5-10(14)11(15)6-8/h4-7H,2-3,16H2,1H3,(H,17,18,19). The molecule has 1 heterocycles. The Morgan fingerprint density at radius 1 is 1.16 bits per heavy atom. The van der Waals surface area contributed by atoms with Crippen LogP contribution >= 0.6 is 23.2 Å². The minimum absolute atomic E-state index is 0.478. The molecule has 1 aromatic heterocycles. The van der Waals surface area contributed by atoms with E-state index < -0.39 is 0 Å². The molecule has 0 atom stereocenters. The van der Waals surface area contributed by atoms with Crippen LogP contribution in [0.1, 0.15) is 19.0 Å². The van der Waals surface area contributed by atoms with Crippen molar-refractivity contribution in [2.75, 3.05) is 5.43 Å². The number of rotatable bonds is 4. The molecule has 0 spiro atoms. The number of nitrogen functional groups attached to an aromatic ring is 1. The molecular weight excluding hydrogens is 283 g/mol. The molecule has 0 radical (unpaired) electrons. The lowest BCUT2D eigenvalue weighted by molar-refractivity contribution is 0.875. The van der Waals surface area contributed by atoms with Crippen LogP contribution in [0.25, 0.3) is 11.4 Å². The first-order valence-corrected chi connectivity index (χ1v) is 6.69. The Morgan fingerprint density at radius 3 is 2.58 bits per heavy atom. The Morgan fingerprint density at radius 2 is 1.95 bits per heavy atom. The first-order valence-electron chi connectivity index (χ1n) is 5.94. The minimum Gasteiger partial charge on any atom is -0.308 e. The van der Waals surface area contributed by atoms with Crippen molar-refractivity contribution < 1.29 is 0 Å². The Kier molecular flexibility index (Phi) is 4.58. The second kappa shape index (κ2) is 6.19. The lowest BCUT2D eigenvalue weighted by Crippen LogP contribution is -2.10. The molecule has 1 aromatic carbocycles. The Bertz CT molecular complexity index is 587. The van der Waals surface area contributed by atoms with Gasteiger partial charge in [-0.2, -0.15) is 0 Å². The van der Waals surface area contributed by atoms with Crippen LogP contribution in [0.3, 0.4) is 0 Å². The number of hydrogen-bond donors (Lipinski definition) is 2. The number of hydrogen-bond acceptors (Lipinski definition) is 4. The van der Waals surface area contributed by atoms with E-state index in [1.807, 2.05) is 12.1 Å². The quantitative estimate of drug-likeness (QED) is 0.667. The van der Waals surface area contributed by atoms with Gasteiger partial charge < -0.3 is 5.43 Å². The van der Waals surface area contributed by atoms with Crippen LogP contribution in [0.2, 0.25) is 10.0 Å². The number of aromatic nitrogens is 2. The van der Waals surface area contributed by atoms with Gasteiger partial charge in [-0.1, -0.05) is 36.5 Å². The molecule has 0 saturated carbocycles. The summed E-state index contributed by atoms with van der Waals surface area (Å²) in [6.45, 7) is 2.09. The van der Waals surface area contributed by atoms with E-state index in [-0.39, 0.29) is 0 Å². The van der Waals surface area contributed by atoms with E-state index in [2.05, 4.69) is 22.3 Å². The van der Waals surface area contributed by atoms with E-state index in [0.29, 0.717) is 21.7 Å². The summed E-state index contributed by atoms with van der Waals surface area (Å²) in [6.07, 6.45) is 1.87. The largest absolute Gasteiger partial charge is 0.308 e. The van der Waals surface area contributed by atoms with Crippen molar-refractivity contribution in [3.63, 3.8) is 0 Å². The predicted molar refractivity (Wildman–Crippen MR) is 79.3 cm³/mol. The van der Waals surface area contributed by atoms with Gasteiger partial charge in [0.2, 0.25) is 0 Å². The predicted octanol–water partition coefficient (Wildman–Crippen LogP) is 3.69. The van der Waals surface area contributed by atoms with Gasteiger partial charge in [-0.25, -0.2) is 15.8 Å². The number of nitrogens with one attached hydrogen (secondary N) is 1. The number of aryl methyl sites for hydroxylation is 1. The van der Waals surface area contributed by atoms with E-state index in [1.165, 1.54) is 0 Å². The highest BCUT2D eigenvalue weighted by molar-refractivity contribution is 6.42. The fraction of sp³-hybridized carbons (Fsp3) is 0.231. The lowest BCUT2D eigenvalue weighted by Gasteiger charge is -2.08. The smallest absolute Gasteiger partial charge is 0.161 e. The van der Waals surface area contributed by atoms with Crippen molar-refractivity contribution in [3.8, 4) is 11.4 Å². The molecule has 0 aliphatic heterocycles. The molecule has 0 aliphatic rings. The number of nitrogens with zero attached hydrogens (tertiary/aromatic N) is 2. The lowest BCUT2D eigenvalue weighted by atomic mass is 10.2. The van der Waals surface area contributed by atoms with Gasteiger partial charge in [0.25, 0.3) is 0 Å². The van der Waals surface area contributed by atoms with Crippen LogP contribution in [0, 0.1) is 0 Å². The van der Waals surface area contributed by atoms with Gasteiger partial charge in [0.15, 0.2) is 5.82 Å². The van der Waals surface area contributed by atoms with E-state index >= 15 is 0 Å². The van der Waals surface area contributed by atoms with Crippen LogP contribution < -0.4 is 11.3 Å². The molecule has 4 nitrogen and oxygen atoms in total. The third-order valence-electron chi connectivity index (χ3n) is 2.61. The van der Waals surface area contributed by atoms with E-state index in [9.17, 15) is 0 Å². The topological polar surface area (TPSA) is 63.8 Å². The SMILES string of the molecule is CCCc1cc(NN)nc(-c2ccc(Cl)c(Cl)c2)n1. The molecule has 0 bridgehead atoms. The molecule has 0 fully saturated rings. The molecule has 6 heteroatoms. The van der Waals surface area contributed by atoms with Gasteiger partial charge in [-0.15, -0.1) is 0 Å². The van der Waals surface area contributed by atoms with Gasteiger partial charge in [-0.05, 0) is 24.6 Å². The number of halogens is 2. The highest BCUT2D eigenvalue weighted by Gasteiger charge is 2.08. The summed E-state index contributed by atoms with van der Waals surface area (Å²) in [5, 5.41) is 0.984. The summed E-state index contributed by atoms with van der Waals surface area (Å²) in [6, 6.07) is 7.14. The number of anilines is 1. The highest BCUT2D eigenvalue weighted by atomic mass is 35.5. The van der Waals surface area contributed by atoms with Gasteiger partial charge in [0.1, 0.15) is 5.82 Å². The van der Waals surface area contributed by atoms with Crippen molar-refractivity contribution in [3.05, 3.63) is 40.0 Å². The van der Waals surface area contributed by atoms with Crippen molar-refractivity contribution in [2.45, 2.75) is 19.8 Å². The van der Waals surface area contributed by atoms with Gasteiger partial charge in [-0.3, -0.25) is 0 Å². The normalized spacial score (nSPS) is 10.5. The fourth-order valence-electron chi connectivity index (χ4n) is 1.72. The molecule has 3 N–H and O–H groups in total. The van der Waals surface area contributed by atoms with Crippen LogP contribution in [0.5, 0.6) is 0 Å². The minimum atomic E-state index is 0.478. The van der Waals surface area contributed by atoms with Gasteiger partial charge in [0, 0.05) is 17.3 Å². The Balaban J connectivity index is 2.47. The van der Waals surface area contributed by atoms with Crippen LogP contribution in [-0.4, -0.2) is 9.97 Å². The second-order valence-corrected chi connectivity index (χ2v) is 4.91. The van der Waals surface area contributed by atoms with Gasteiger partial charge >= 0.3 is 0 Å². The third kappa shape index (κ3) is 3.35. The molecule has 2 aromatic rings. The summed E-state index contributed by atoms with van der Waals surface area (Å²) >= 11 is 11.9. The zero-order valence-electron chi connectivity index (χ0n) is 10.5. The molecule has 0 aliphatic carbocycles. The van der Waals surface area contributed by atoms with Crippen LogP contribution in [0.4, 0.5) is 5.82 Å². The maximum absolute atomic E-state index is 6.01. The summed E-state index contributed by atoms with van der Waals surface area (Å²) in [5.41, 5.74) is 4.30. The molecule has 0 unspecified atom stereocenters. The molecule has 0 saturated heterocycles. The maximum Gasteiger partial charge on any atom is 0.161 e. The second-order valence-electron chi connectivity index (χ2n) is 4.09. The number of benzene rings is 1. The average molecular weight is 297 g/mol. The maximum atomic E-state index is 6.01. The van der Waals surface area contributed by atoms with Crippen molar-refractivity contribution in [1.82, 2.24) is 9.97 Å². The van der Waals surface area contributed by atoms with E-state index in [1.54, 1.807) is 12.1 Å². The summed E-state index contributed by atoms with van der Waals surface area (Å²) < 4.78 is 0. The first-order chi connectivity index (χ1) is 9.13. The van der Waals surface area contributed by atoms with E-state index in [0.717, 1.165) is 24.1 Å². The average Bonchev–Trinajstić information content (AvgIpc) is 2.42. The number of hydrazine groups is 1. The first kappa shape index (κ1) is 14.1. The summed E-state index contributed by atoms with van der Waals surface area (Å²) in [4.78, 5) is 8.83. The zero-order valence-corrected chi connectivity index (χ0v) is 12.0. The molecule has 100 valence electrons. The Labute approximate surface area is 121 Å². The molecule has 2 rings (SSSR count). The van der Waals surface area contributed by atoms with Crippen molar-refractivity contribution in [2.24, 2.45) is 5.84 Å². The number of nitrogens with two attached hydrogens (primary N) is 1. The summed E-state index contributed by atoms with van der Waals surface area (Å²) in [5.74, 6) is 6.59. The molecule has 0 amide bonds. The molecular formula is C13H14Cl2N4. The molecule has 19 heavy (non-hydrogen) atoms. The summed E-state index contributed by atoms with van der Waals surface area (Å²) in [7, 11) is 0. The van der Waals surface area contributed by atoms with Crippen molar-refractivity contribution in [1.29, 1.82) is 0 Å². The van der Waals surface area contributed by atoms with Crippen LogP contribution in [-0.2, 0) is 6.42 Å². The zero-order chi connectivity index (χ0) is 13.8. The Hall–Kier alpha value is -1.36. The monoisotopic (exact) mass is 296 g/mol. The van der Waals surface area contributed by atoms with Crippen LogP contribution in [0.15, 0.2) is 24.3 Å². The van der Waals surface area contributed by atoms with E-state index in [4.69, 9.17) is 29.0 Å². The van der Waals surface area contributed by atoms with Crippen molar-refractivity contribution >= 4 is 29.0 Å². The highest BCUT2D eigenvalue weighted by Crippen LogP contribution is 2.27. The van der Waals surface area contributed by atoms with Gasteiger partial charge in [0.05, 0.1) is 10.0 Å².